The van der Waals surface area contributed by atoms with Crippen LogP contribution in [0, 0.1) is 5.92 Å². The molecule has 1 aliphatic rings. The molecule has 0 aromatic carbocycles. The van der Waals surface area contributed by atoms with Gasteiger partial charge in [0.05, 0.1) is 0 Å². The van der Waals surface area contributed by atoms with Crippen molar-refractivity contribution in [2.45, 2.75) is 84.1 Å². The Bertz CT molecular complexity index is 1230. The Labute approximate surface area is 244 Å². The SMILES string of the molecule is O=C(OC(F)(F)C(F)(OC(F)(F)C1C(F)(F)C(F)(F)C(F)(F)C(F)(F)C1(F)F)C(F)(F)F)C(F)(OC(F)(F)C(F)(F)C(F)(F)F)C(F)(F)F. The Morgan fingerprint density at radius 2 is 0.796 bits per heavy atom. The first kappa shape index (κ1) is 44.4. The van der Waals surface area contributed by atoms with E-state index in [4.69, 9.17) is 0 Å². The predicted octanol–water partition coefficient (Wildman–Crippen LogP) is 8.80. The number of ether oxygens (including phenoxy) is 3. The van der Waals surface area contributed by atoms with Gasteiger partial charge in [-0.2, -0.15) is 127 Å². The van der Waals surface area contributed by atoms with E-state index in [2.05, 4.69) is 0 Å². The number of halogens is 29. The highest BCUT2D eigenvalue weighted by atomic mass is 19.4. The lowest BCUT2D eigenvalue weighted by molar-refractivity contribution is -0.540. The van der Waals surface area contributed by atoms with Crippen LogP contribution in [0.25, 0.3) is 0 Å². The standard InChI is InChI=1S/C16HF29O4/c17-3(18)1(4(19,20)8(26,27)9(28,29)7(3,24)25)6(22,23)49-11(32,14(39,40)41)16(44,45)47-2(46)5(21,12(33,34)35)48-15(42,43)10(30,31)13(36,37)38/h1H. The molecular formula is C16HF29O4. The summed E-state index contributed by atoms with van der Waals surface area (Å²) in [4.78, 5) is 11.2. The molecule has 292 valence electrons. The molecule has 4 nitrogen and oxygen atoms in total. The van der Waals surface area contributed by atoms with Crippen LogP contribution in [0.15, 0.2) is 0 Å². The molecule has 49 heavy (non-hydrogen) atoms. The molecule has 2 atom stereocenters. The van der Waals surface area contributed by atoms with Crippen molar-refractivity contribution >= 4 is 5.97 Å². The second-order valence-electron chi connectivity index (χ2n) is 8.85. The summed E-state index contributed by atoms with van der Waals surface area (Å²) in [6, 6.07) is 0. The average Bonchev–Trinajstić information content (AvgIpc) is 2.78. The topological polar surface area (TPSA) is 44.8 Å². The molecule has 0 aromatic heterocycles. The predicted molar refractivity (Wildman–Crippen MR) is 82.1 cm³/mol. The number of alkyl halides is 29. The molecule has 1 fully saturated rings. The summed E-state index contributed by atoms with van der Waals surface area (Å²) in [5, 5.41) is 0. The molecule has 0 aliphatic heterocycles. The largest absolute Gasteiger partial charge is 0.471 e. The van der Waals surface area contributed by atoms with E-state index in [1.807, 2.05) is 0 Å². The fraction of sp³-hybridized carbons (Fsp3) is 0.938. The van der Waals surface area contributed by atoms with Crippen LogP contribution in [0.3, 0.4) is 0 Å². The maximum atomic E-state index is 14.4. The van der Waals surface area contributed by atoms with Gasteiger partial charge in [-0.05, 0) is 0 Å². The van der Waals surface area contributed by atoms with Crippen molar-refractivity contribution in [3.63, 3.8) is 0 Å². The molecule has 1 aliphatic carbocycles. The Hall–Kier alpha value is -2.64. The highest BCUT2D eigenvalue weighted by Gasteiger charge is 2.99. The van der Waals surface area contributed by atoms with Crippen molar-refractivity contribution in [2.24, 2.45) is 5.92 Å². The van der Waals surface area contributed by atoms with E-state index in [-0.39, 0.29) is 0 Å². The van der Waals surface area contributed by atoms with Gasteiger partial charge >= 0.3 is 90.1 Å². The first-order valence-corrected chi connectivity index (χ1v) is 10.3. The normalized spacial score (nSPS) is 24.5. The highest BCUT2D eigenvalue weighted by Crippen LogP contribution is 2.70. The van der Waals surface area contributed by atoms with E-state index >= 15 is 0 Å². The van der Waals surface area contributed by atoms with Gasteiger partial charge < -0.3 is 4.74 Å². The summed E-state index contributed by atoms with van der Waals surface area (Å²) in [6.45, 7) is 0. The van der Waals surface area contributed by atoms with E-state index in [0.29, 0.717) is 0 Å². The smallest absolute Gasteiger partial charge is 0.392 e. The maximum Gasteiger partial charge on any atom is 0.471 e. The Morgan fingerprint density at radius 3 is 1.08 bits per heavy atom. The van der Waals surface area contributed by atoms with Crippen LogP contribution in [0.2, 0.25) is 0 Å². The monoisotopic (exact) mass is 808 g/mol. The molecule has 0 radical (unpaired) electrons. The molecule has 33 heteroatoms. The molecule has 2 unspecified atom stereocenters. The van der Waals surface area contributed by atoms with Crippen molar-refractivity contribution in [3.05, 3.63) is 0 Å². The van der Waals surface area contributed by atoms with Crippen molar-refractivity contribution in [3.8, 4) is 0 Å². The number of hydrogen-bond donors (Lipinski definition) is 0. The van der Waals surface area contributed by atoms with E-state index in [1.165, 1.54) is 9.47 Å². The second-order valence-corrected chi connectivity index (χ2v) is 8.85. The minimum absolute atomic E-state index is 1.13. The zero-order chi connectivity index (χ0) is 40.3. The third-order valence-electron chi connectivity index (χ3n) is 5.54. The average molecular weight is 808 g/mol. The van der Waals surface area contributed by atoms with Gasteiger partial charge in [0.2, 0.25) is 0 Å². The van der Waals surface area contributed by atoms with Gasteiger partial charge in [-0.3, -0.25) is 9.47 Å². The van der Waals surface area contributed by atoms with Crippen molar-refractivity contribution < 1.29 is 146 Å². The molecule has 0 heterocycles. The molecule has 0 N–H and O–H groups in total. The fourth-order valence-electron chi connectivity index (χ4n) is 3.03. The molecule has 0 aromatic rings. The van der Waals surface area contributed by atoms with Gasteiger partial charge in [0, 0.05) is 0 Å². The van der Waals surface area contributed by atoms with E-state index in [1.54, 1.807) is 0 Å². The van der Waals surface area contributed by atoms with Gasteiger partial charge in [0.1, 0.15) is 0 Å². The lowest BCUT2D eigenvalue weighted by Gasteiger charge is -2.51. The van der Waals surface area contributed by atoms with Crippen LogP contribution in [0.1, 0.15) is 0 Å². The van der Waals surface area contributed by atoms with Crippen molar-refractivity contribution in [1.29, 1.82) is 0 Å². The Morgan fingerprint density at radius 1 is 0.449 bits per heavy atom. The van der Waals surface area contributed by atoms with Crippen LogP contribution >= 0.6 is 0 Å². The first-order chi connectivity index (χ1) is 20.7. The lowest BCUT2D eigenvalue weighted by Crippen LogP contribution is -2.80. The van der Waals surface area contributed by atoms with Gasteiger partial charge in [-0.15, -0.1) is 0 Å². The third-order valence-corrected chi connectivity index (χ3v) is 5.54. The quantitative estimate of drug-likeness (QED) is 0.173. The number of rotatable bonds is 9. The minimum Gasteiger partial charge on any atom is -0.392 e. The van der Waals surface area contributed by atoms with E-state index < -0.39 is 96.0 Å². The van der Waals surface area contributed by atoms with Crippen LogP contribution < -0.4 is 0 Å². The molecule has 1 rings (SSSR count). The summed E-state index contributed by atoms with van der Waals surface area (Å²) in [5.74, 6) is -80.1. The summed E-state index contributed by atoms with van der Waals surface area (Å²) in [5.41, 5.74) is 0. The Kier molecular flexibility index (Phi) is 9.90. The molecule has 0 bridgehead atoms. The summed E-state index contributed by atoms with van der Waals surface area (Å²) in [7, 11) is 0. The van der Waals surface area contributed by atoms with E-state index in [0.717, 1.165) is 4.74 Å². The van der Waals surface area contributed by atoms with Crippen LogP contribution in [-0.2, 0) is 19.0 Å². The summed E-state index contributed by atoms with van der Waals surface area (Å²) in [6.07, 6.45) is -50.3. The van der Waals surface area contributed by atoms with Crippen molar-refractivity contribution in [2.75, 3.05) is 0 Å². The summed E-state index contributed by atoms with van der Waals surface area (Å²) >= 11 is 0. The molecular weight excluding hydrogens is 807 g/mol. The van der Waals surface area contributed by atoms with Gasteiger partial charge in [0.15, 0.2) is 5.92 Å². The molecule has 0 spiro atoms. The molecule has 0 amide bonds. The zero-order valence-corrected chi connectivity index (χ0v) is 20.7. The Balaban J connectivity index is 3.93. The highest BCUT2D eigenvalue weighted by molar-refractivity contribution is 5.79. The van der Waals surface area contributed by atoms with E-state index in [9.17, 15) is 132 Å². The van der Waals surface area contributed by atoms with Crippen LogP contribution in [0.5, 0.6) is 0 Å². The minimum atomic E-state index is -8.86. The number of carbonyl (C=O) groups excluding carboxylic acids is 1. The van der Waals surface area contributed by atoms with Gasteiger partial charge in [0.25, 0.3) is 0 Å². The second kappa shape index (κ2) is 10.9. The van der Waals surface area contributed by atoms with Crippen LogP contribution in [-0.4, -0.2) is 90.1 Å². The first-order valence-electron chi connectivity index (χ1n) is 10.3. The van der Waals surface area contributed by atoms with Gasteiger partial charge in [-0.25, -0.2) is 4.79 Å². The lowest BCUT2D eigenvalue weighted by atomic mass is 9.73. The third kappa shape index (κ3) is 5.99. The maximum absolute atomic E-state index is 14.4. The zero-order valence-electron chi connectivity index (χ0n) is 20.7. The van der Waals surface area contributed by atoms with Crippen molar-refractivity contribution in [1.82, 2.24) is 0 Å². The fourth-order valence-corrected chi connectivity index (χ4v) is 3.03. The number of hydrogen-bond acceptors (Lipinski definition) is 4. The number of carbonyl (C=O) groups is 1. The molecule has 0 saturated heterocycles. The molecule has 1 saturated carbocycles. The van der Waals surface area contributed by atoms with Crippen LogP contribution in [0.4, 0.5) is 127 Å². The number of esters is 1. The van der Waals surface area contributed by atoms with Gasteiger partial charge in [-0.1, -0.05) is 0 Å². The summed E-state index contributed by atoms with van der Waals surface area (Å²) < 4.78 is 389.